The van der Waals surface area contributed by atoms with Crippen LogP contribution in [0.5, 0.6) is 0 Å². The molecule has 144 valence electrons. The number of benzene rings is 1. The van der Waals surface area contributed by atoms with Gasteiger partial charge in [-0.2, -0.15) is 0 Å². The van der Waals surface area contributed by atoms with Crippen LogP contribution in [0.2, 0.25) is 0 Å². The van der Waals surface area contributed by atoms with Crippen molar-refractivity contribution in [1.82, 2.24) is 14.4 Å². The highest BCUT2D eigenvalue weighted by Gasteiger charge is 2.18. The number of imidazole rings is 1. The van der Waals surface area contributed by atoms with Crippen molar-refractivity contribution < 1.29 is 0 Å². The molecule has 0 unspecified atom stereocenters. The number of aryl methyl sites for hydroxylation is 4. The minimum absolute atomic E-state index is 0.860. The zero-order valence-corrected chi connectivity index (χ0v) is 17.4. The second-order valence-electron chi connectivity index (χ2n) is 7.17. The van der Waals surface area contributed by atoms with Crippen molar-refractivity contribution in [2.24, 2.45) is 0 Å². The molecule has 1 aromatic carbocycles. The number of aromatic nitrogens is 3. The van der Waals surface area contributed by atoms with E-state index in [2.05, 4.69) is 68.3 Å². The van der Waals surface area contributed by atoms with Crippen LogP contribution < -0.4 is 10.2 Å². The van der Waals surface area contributed by atoms with E-state index < -0.39 is 0 Å². The first-order valence-corrected chi connectivity index (χ1v) is 9.95. The van der Waals surface area contributed by atoms with Crippen molar-refractivity contribution in [3.63, 3.8) is 0 Å². The Morgan fingerprint density at radius 1 is 1.04 bits per heavy atom. The third-order valence-electron chi connectivity index (χ3n) is 5.07. The maximum atomic E-state index is 4.98. The van der Waals surface area contributed by atoms with Crippen LogP contribution in [0.25, 0.3) is 5.52 Å². The van der Waals surface area contributed by atoms with Gasteiger partial charge in [-0.1, -0.05) is 31.0 Å². The Balaban J connectivity index is 2.16. The number of nitrogens with zero attached hydrogens (tertiary/aromatic N) is 4. The van der Waals surface area contributed by atoms with Gasteiger partial charge in [-0.25, -0.2) is 9.97 Å². The first-order chi connectivity index (χ1) is 13.0. The Kier molecular flexibility index (Phi) is 5.68. The van der Waals surface area contributed by atoms with Gasteiger partial charge in [0.05, 0.1) is 5.69 Å². The monoisotopic (exact) mass is 365 g/mol. The zero-order valence-electron chi connectivity index (χ0n) is 17.4. The first kappa shape index (κ1) is 19.2. The number of nitrogens with one attached hydrogen (secondary N) is 1. The van der Waals surface area contributed by atoms with Crippen molar-refractivity contribution in [3.8, 4) is 0 Å². The van der Waals surface area contributed by atoms with Crippen molar-refractivity contribution >= 4 is 23.0 Å². The van der Waals surface area contributed by atoms with Crippen molar-refractivity contribution in [2.75, 3.05) is 23.3 Å². The normalized spacial score (nSPS) is 11.2. The third-order valence-corrected chi connectivity index (χ3v) is 5.07. The second kappa shape index (κ2) is 7.99. The topological polar surface area (TPSA) is 45.5 Å². The van der Waals surface area contributed by atoms with E-state index in [1.165, 1.54) is 16.7 Å². The molecule has 3 aromatic rings. The molecule has 5 nitrogen and oxygen atoms in total. The standard InChI is InChI=1S/C22H31N5/c1-7-10-18-20-21(26(8-2)9-3)23-11-12-27(20)22(24-18)25-19-16(5)13-15(4)14-17(19)6/h11-14H,7-10H2,1-6H3,(H,24,25). The third kappa shape index (κ3) is 3.64. The smallest absolute Gasteiger partial charge is 0.212 e. The lowest BCUT2D eigenvalue weighted by atomic mass is 10.1. The van der Waals surface area contributed by atoms with Crippen LogP contribution in [0.4, 0.5) is 17.5 Å². The average molecular weight is 366 g/mol. The lowest BCUT2D eigenvalue weighted by molar-refractivity contribution is 0.841. The average Bonchev–Trinajstić information content (AvgIpc) is 2.98. The molecule has 0 aliphatic heterocycles. The van der Waals surface area contributed by atoms with Crippen LogP contribution in [0, 0.1) is 20.8 Å². The van der Waals surface area contributed by atoms with E-state index in [0.717, 1.165) is 54.6 Å². The zero-order chi connectivity index (χ0) is 19.6. The maximum Gasteiger partial charge on any atom is 0.212 e. The summed E-state index contributed by atoms with van der Waals surface area (Å²) >= 11 is 0. The van der Waals surface area contributed by atoms with Gasteiger partial charge in [-0.3, -0.25) is 4.40 Å². The van der Waals surface area contributed by atoms with Crippen LogP contribution in [0.1, 0.15) is 49.6 Å². The maximum absolute atomic E-state index is 4.98. The first-order valence-electron chi connectivity index (χ1n) is 9.95. The molecule has 0 saturated heterocycles. The summed E-state index contributed by atoms with van der Waals surface area (Å²) in [6.07, 6.45) is 5.88. The molecular weight excluding hydrogens is 334 g/mol. The summed E-state index contributed by atoms with van der Waals surface area (Å²) in [4.78, 5) is 12.0. The number of fused-ring (bicyclic) bond motifs is 1. The van der Waals surface area contributed by atoms with E-state index in [-0.39, 0.29) is 0 Å². The predicted octanol–water partition coefficient (Wildman–Crippen LogP) is 5.20. The van der Waals surface area contributed by atoms with Gasteiger partial charge in [0, 0.05) is 31.2 Å². The van der Waals surface area contributed by atoms with Gasteiger partial charge >= 0.3 is 0 Å². The Hall–Kier alpha value is -2.56. The fraction of sp³-hybridized carbons (Fsp3) is 0.455. The summed E-state index contributed by atoms with van der Waals surface area (Å²) in [7, 11) is 0. The molecule has 5 heteroatoms. The minimum atomic E-state index is 0.860. The van der Waals surface area contributed by atoms with E-state index in [1.807, 2.05) is 12.4 Å². The molecule has 0 aliphatic rings. The molecule has 3 rings (SSSR count). The molecule has 1 N–H and O–H groups in total. The van der Waals surface area contributed by atoms with Gasteiger partial charge in [-0.05, 0) is 52.2 Å². The number of hydrogen-bond acceptors (Lipinski definition) is 4. The summed E-state index contributed by atoms with van der Waals surface area (Å²) in [6.45, 7) is 14.8. The van der Waals surface area contributed by atoms with Crippen molar-refractivity contribution in [3.05, 3.63) is 46.9 Å². The molecule has 0 amide bonds. The lowest BCUT2D eigenvalue weighted by Gasteiger charge is -2.21. The van der Waals surface area contributed by atoms with Crippen LogP contribution in [0.3, 0.4) is 0 Å². The Labute approximate surface area is 162 Å². The number of hydrogen-bond donors (Lipinski definition) is 1. The van der Waals surface area contributed by atoms with E-state index in [0.29, 0.717) is 0 Å². The largest absolute Gasteiger partial charge is 0.355 e. The van der Waals surface area contributed by atoms with Crippen LogP contribution >= 0.6 is 0 Å². The lowest BCUT2D eigenvalue weighted by Crippen LogP contribution is -2.23. The van der Waals surface area contributed by atoms with Crippen LogP contribution in [0.15, 0.2) is 24.5 Å². The Bertz CT molecular complexity index is 914. The molecular formula is C22H31N5. The molecule has 0 saturated carbocycles. The summed E-state index contributed by atoms with van der Waals surface area (Å²) in [5.74, 6) is 1.88. The van der Waals surface area contributed by atoms with Gasteiger partial charge in [-0.15, -0.1) is 0 Å². The summed E-state index contributed by atoms with van der Waals surface area (Å²) < 4.78 is 2.16. The van der Waals surface area contributed by atoms with E-state index in [9.17, 15) is 0 Å². The number of anilines is 3. The van der Waals surface area contributed by atoms with Gasteiger partial charge in [0.25, 0.3) is 0 Å². The minimum Gasteiger partial charge on any atom is -0.355 e. The molecule has 0 spiro atoms. The van der Waals surface area contributed by atoms with Crippen molar-refractivity contribution in [1.29, 1.82) is 0 Å². The van der Waals surface area contributed by atoms with Gasteiger partial charge in [0.1, 0.15) is 5.52 Å². The molecule has 2 heterocycles. The van der Waals surface area contributed by atoms with E-state index in [4.69, 9.17) is 9.97 Å². The highest BCUT2D eigenvalue weighted by molar-refractivity contribution is 5.76. The highest BCUT2D eigenvalue weighted by Crippen LogP contribution is 2.30. The summed E-state index contributed by atoms with van der Waals surface area (Å²) in [5, 5.41) is 3.60. The van der Waals surface area contributed by atoms with Gasteiger partial charge < -0.3 is 10.2 Å². The van der Waals surface area contributed by atoms with Gasteiger partial charge in [0.2, 0.25) is 5.95 Å². The molecule has 0 fully saturated rings. The molecule has 0 aliphatic carbocycles. The van der Waals surface area contributed by atoms with Gasteiger partial charge in [0.15, 0.2) is 5.82 Å². The molecule has 2 aromatic heterocycles. The quantitative estimate of drug-likeness (QED) is 0.625. The SMILES string of the molecule is CCCc1nc(Nc2c(C)cc(C)cc2C)n2ccnc(N(CC)CC)c12. The summed E-state index contributed by atoms with van der Waals surface area (Å²) in [5.41, 5.74) is 7.11. The molecule has 0 atom stereocenters. The van der Waals surface area contributed by atoms with E-state index >= 15 is 0 Å². The molecule has 27 heavy (non-hydrogen) atoms. The Morgan fingerprint density at radius 3 is 2.30 bits per heavy atom. The fourth-order valence-corrected chi connectivity index (χ4v) is 3.84. The highest BCUT2D eigenvalue weighted by atomic mass is 15.2. The van der Waals surface area contributed by atoms with Crippen LogP contribution in [-0.4, -0.2) is 27.5 Å². The number of rotatable bonds is 7. The summed E-state index contributed by atoms with van der Waals surface area (Å²) in [6, 6.07) is 4.42. The van der Waals surface area contributed by atoms with Crippen molar-refractivity contribution in [2.45, 2.75) is 54.4 Å². The van der Waals surface area contributed by atoms with Crippen LogP contribution in [-0.2, 0) is 6.42 Å². The predicted molar refractivity (Wildman–Crippen MR) is 114 cm³/mol. The Morgan fingerprint density at radius 2 is 1.70 bits per heavy atom. The molecule has 0 radical (unpaired) electrons. The fourth-order valence-electron chi connectivity index (χ4n) is 3.84. The molecule has 0 bridgehead atoms. The second-order valence-corrected chi connectivity index (χ2v) is 7.17. The van der Waals surface area contributed by atoms with E-state index in [1.54, 1.807) is 0 Å².